The smallest absolute Gasteiger partial charge is 0.143 e. The van der Waals surface area contributed by atoms with Gasteiger partial charge in [-0.25, -0.2) is 4.39 Å². The Morgan fingerprint density at radius 3 is 2.45 bits per heavy atom. The summed E-state index contributed by atoms with van der Waals surface area (Å²) >= 11 is 11.2. The Labute approximate surface area is 74.1 Å². The summed E-state index contributed by atoms with van der Waals surface area (Å²) in [5.74, 6) is -0.504. The third-order valence-corrected chi connectivity index (χ3v) is 2.16. The molecule has 1 aromatic rings. The Bertz CT molecular complexity index is 275. The average Bonchev–Trinajstić information content (AvgIpc) is 2.01. The van der Waals surface area contributed by atoms with Crippen molar-refractivity contribution in [3.05, 3.63) is 28.0 Å². The minimum atomic E-state index is -0.504. The number of anilines is 1. The van der Waals surface area contributed by atoms with Crippen LogP contribution < -0.4 is 5.32 Å². The molecule has 1 aromatic carbocycles. The van der Waals surface area contributed by atoms with Crippen molar-refractivity contribution in [2.45, 2.75) is 0 Å². The molecule has 0 spiro atoms. The summed E-state index contributed by atoms with van der Waals surface area (Å²) in [6, 6.07) is 2.80. The standard InChI is InChI=1S/C7H6Cl2FN/c1-11-5-3-2-4(10)6(8)7(5)9/h2-3,11H,1H3. The molecule has 0 aliphatic carbocycles. The van der Waals surface area contributed by atoms with Crippen molar-refractivity contribution in [3.63, 3.8) is 0 Å². The fraction of sp³-hybridized carbons (Fsp3) is 0.143. The van der Waals surface area contributed by atoms with Crippen LogP contribution >= 0.6 is 23.2 Å². The van der Waals surface area contributed by atoms with Gasteiger partial charge in [-0.3, -0.25) is 0 Å². The van der Waals surface area contributed by atoms with Gasteiger partial charge in [0.2, 0.25) is 0 Å². The lowest BCUT2D eigenvalue weighted by molar-refractivity contribution is 0.628. The Kier molecular flexibility index (Phi) is 2.58. The number of rotatable bonds is 1. The van der Waals surface area contributed by atoms with Gasteiger partial charge in [0.25, 0.3) is 0 Å². The maximum Gasteiger partial charge on any atom is 0.143 e. The Hall–Kier alpha value is -0.470. The second kappa shape index (κ2) is 3.28. The monoisotopic (exact) mass is 193 g/mol. The summed E-state index contributed by atoms with van der Waals surface area (Å²) in [5.41, 5.74) is 0.623. The van der Waals surface area contributed by atoms with E-state index in [1.807, 2.05) is 0 Å². The van der Waals surface area contributed by atoms with Gasteiger partial charge in [0.05, 0.1) is 15.7 Å². The maximum absolute atomic E-state index is 12.7. The van der Waals surface area contributed by atoms with Gasteiger partial charge in [-0.2, -0.15) is 0 Å². The van der Waals surface area contributed by atoms with Crippen LogP contribution in [0, 0.1) is 5.82 Å². The summed E-state index contributed by atoms with van der Waals surface area (Å²) in [5, 5.41) is 2.95. The molecule has 0 atom stereocenters. The van der Waals surface area contributed by atoms with Crippen molar-refractivity contribution < 1.29 is 4.39 Å². The van der Waals surface area contributed by atoms with Gasteiger partial charge in [-0.15, -0.1) is 0 Å². The van der Waals surface area contributed by atoms with E-state index in [0.29, 0.717) is 5.69 Å². The minimum absolute atomic E-state index is 0.0430. The Balaban J connectivity index is 3.25. The Morgan fingerprint density at radius 1 is 1.27 bits per heavy atom. The molecule has 0 fully saturated rings. The fourth-order valence-electron chi connectivity index (χ4n) is 0.719. The first-order valence-electron chi connectivity index (χ1n) is 2.98. The highest BCUT2D eigenvalue weighted by molar-refractivity contribution is 6.43. The van der Waals surface area contributed by atoms with E-state index in [0.717, 1.165) is 0 Å². The van der Waals surface area contributed by atoms with Crippen molar-refractivity contribution in [1.29, 1.82) is 0 Å². The van der Waals surface area contributed by atoms with Crippen LogP contribution in [0.1, 0.15) is 0 Å². The van der Waals surface area contributed by atoms with Crippen molar-refractivity contribution in [3.8, 4) is 0 Å². The van der Waals surface area contributed by atoms with Gasteiger partial charge >= 0.3 is 0 Å². The number of hydrogen-bond donors (Lipinski definition) is 1. The van der Waals surface area contributed by atoms with E-state index < -0.39 is 5.82 Å². The normalized spacial score (nSPS) is 9.82. The molecule has 60 valence electrons. The molecule has 0 radical (unpaired) electrons. The third-order valence-electron chi connectivity index (χ3n) is 1.30. The van der Waals surface area contributed by atoms with E-state index in [-0.39, 0.29) is 10.0 Å². The predicted molar refractivity (Wildman–Crippen MR) is 46.0 cm³/mol. The predicted octanol–water partition coefficient (Wildman–Crippen LogP) is 3.17. The minimum Gasteiger partial charge on any atom is -0.387 e. The van der Waals surface area contributed by atoms with Gasteiger partial charge in [-0.05, 0) is 12.1 Å². The zero-order valence-corrected chi connectivity index (χ0v) is 7.30. The van der Waals surface area contributed by atoms with Crippen molar-refractivity contribution >= 4 is 28.9 Å². The first-order chi connectivity index (χ1) is 5.16. The number of halogens is 3. The first-order valence-corrected chi connectivity index (χ1v) is 3.73. The molecule has 1 N–H and O–H groups in total. The van der Waals surface area contributed by atoms with Crippen LogP contribution in [0.2, 0.25) is 10.0 Å². The van der Waals surface area contributed by atoms with E-state index in [2.05, 4.69) is 5.32 Å². The summed E-state index contributed by atoms with van der Waals surface area (Å²) in [4.78, 5) is 0. The van der Waals surface area contributed by atoms with E-state index in [1.54, 1.807) is 7.05 Å². The summed E-state index contributed by atoms with van der Waals surface area (Å²) in [6.07, 6.45) is 0. The molecule has 4 heteroatoms. The van der Waals surface area contributed by atoms with Crippen molar-refractivity contribution in [2.24, 2.45) is 0 Å². The SMILES string of the molecule is CNc1ccc(F)c(Cl)c1Cl. The molecule has 0 saturated heterocycles. The van der Waals surface area contributed by atoms with Gasteiger partial charge in [0.1, 0.15) is 5.82 Å². The Morgan fingerprint density at radius 2 is 1.91 bits per heavy atom. The van der Waals surface area contributed by atoms with Crippen LogP contribution in [0.4, 0.5) is 10.1 Å². The van der Waals surface area contributed by atoms with Crippen LogP contribution in [0.15, 0.2) is 12.1 Å². The molecule has 0 bridgehead atoms. The lowest BCUT2D eigenvalue weighted by Crippen LogP contribution is -1.90. The molecular weight excluding hydrogens is 188 g/mol. The molecule has 1 rings (SSSR count). The van der Waals surface area contributed by atoms with Crippen LogP contribution in [-0.2, 0) is 0 Å². The lowest BCUT2D eigenvalue weighted by atomic mass is 10.3. The number of benzene rings is 1. The van der Waals surface area contributed by atoms with E-state index >= 15 is 0 Å². The molecule has 0 saturated carbocycles. The van der Waals surface area contributed by atoms with E-state index in [9.17, 15) is 4.39 Å². The zero-order chi connectivity index (χ0) is 8.43. The van der Waals surface area contributed by atoms with Gasteiger partial charge in [0, 0.05) is 7.05 Å². The average molecular weight is 194 g/mol. The molecule has 0 unspecified atom stereocenters. The van der Waals surface area contributed by atoms with Crippen LogP contribution in [0.25, 0.3) is 0 Å². The van der Waals surface area contributed by atoms with E-state index in [1.165, 1.54) is 12.1 Å². The molecule has 0 aliphatic heterocycles. The molecule has 0 aromatic heterocycles. The van der Waals surface area contributed by atoms with Crippen LogP contribution in [0.3, 0.4) is 0 Å². The zero-order valence-electron chi connectivity index (χ0n) is 5.79. The largest absolute Gasteiger partial charge is 0.387 e. The van der Waals surface area contributed by atoms with Crippen molar-refractivity contribution in [1.82, 2.24) is 0 Å². The second-order valence-electron chi connectivity index (χ2n) is 1.97. The molecule has 0 amide bonds. The highest BCUT2D eigenvalue weighted by Gasteiger charge is 2.07. The topological polar surface area (TPSA) is 12.0 Å². The van der Waals surface area contributed by atoms with Gasteiger partial charge in [0.15, 0.2) is 0 Å². The fourth-order valence-corrected chi connectivity index (χ4v) is 1.13. The van der Waals surface area contributed by atoms with Crippen LogP contribution in [0.5, 0.6) is 0 Å². The van der Waals surface area contributed by atoms with Crippen molar-refractivity contribution in [2.75, 3.05) is 12.4 Å². The number of nitrogens with one attached hydrogen (secondary N) is 1. The highest BCUT2D eigenvalue weighted by Crippen LogP contribution is 2.31. The molecule has 0 aliphatic rings. The molecule has 0 heterocycles. The van der Waals surface area contributed by atoms with Gasteiger partial charge < -0.3 is 5.32 Å². The highest BCUT2D eigenvalue weighted by atomic mass is 35.5. The van der Waals surface area contributed by atoms with Crippen LogP contribution in [-0.4, -0.2) is 7.05 Å². The number of hydrogen-bond acceptors (Lipinski definition) is 1. The second-order valence-corrected chi connectivity index (χ2v) is 2.73. The quantitative estimate of drug-likeness (QED) is 0.677. The maximum atomic E-state index is 12.7. The molecule has 11 heavy (non-hydrogen) atoms. The molecule has 1 nitrogen and oxygen atoms in total. The first kappa shape index (κ1) is 8.62. The summed E-state index contributed by atoms with van der Waals surface area (Å²) < 4.78 is 12.7. The third kappa shape index (κ3) is 1.57. The molecular formula is C7H6Cl2FN. The van der Waals surface area contributed by atoms with E-state index in [4.69, 9.17) is 23.2 Å². The summed E-state index contributed by atoms with van der Waals surface area (Å²) in [7, 11) is 1.69. The lowest BCUT2D eigenvalue weighted by Gasteiger charge is -2.04. The summed E-state index contributed by atoms with van der Waals surface area (Å²) in [6.45, 7) is 0. The van der Waals surface area contributed by atoms with Gasteiger partial charge in [-0.1, -0.05) is 23.2 Å².